The van der Waals surface area contributed by atoms with E-state index in [2.05, 4.69) is 9.97 Å². The van der Waals surface area contributed by atoms with Crippen molar-refractivity contribution in [3.8, 4) is 17.1 Å². The number of imidazole rings is 1. The molecule has 0 saturated carbocycles. The zero-order valence-corrected chi connectivity index (χ0v) is 11.3. The number of aromatic carboxylic acids is 1. The number of alkyl halides is 3. The van der Waals surface area contributed by atoms with Crippen molar-refractivity contribution < 1.29 is 28.2 Å². The average molecular weight is 322 g/mol. The SMILES string of the molecule is O=C(O)c1cc(O)cc2[nH]c(-c3ccccc3C(F)(F)F)nc12. The predicted octanol–water partition coefficient (Wildman–Crippen LogP) is 3.65. The molecule has 8 heteroatoms. The van der Waals surface area contributed by atoms with E-state index >= 15 is 0 Å². The molecule has 0 aliphatic heterocycles. The van der Waals surface area contributed by atoms with Gasteiger partial charge < -0.3 is 15.2 Å². The lowest BCUT2D eigenvalue weighted by Gasteiger charge is -2.10. The van der Waals surface area contributed by atoms with Crippen LogP contribution < -0.4 is 0 Å². The Labute approximate surface area is 127 Å². The second-order valence-electron chi connectivity index (χ2n) is 4.82. The van der Waals surface area contributed by atoms with Crippen molar-refractivity contribution in [2.24, 2.45) is 0 Å². The molecule has 5 nitrogen and oxygen atoms in total. The summed E-state index contributed by atoms with van der Waals surface area (Å²) in [5.74, 6) is -1.79. The normalized spacial score (nSPS) is 11.8. The van der Waals surface area contributed by atoms with E-state index in [-0.39, 0.29) is 33.7 Å². The van der Waals surface area contributed by atoms with Crippen LogP contribution in [0, 0.1) is 0 Å². The first-order chi connectivity index (χ1) is 10.8. The quantitative estimate of drug-likeness (QED) is 0.672. The molecule has 118 valence electrons. The van der Waals surface area contributed by atoms with E-state index in [1.165, 1.54) is 24.3 Å². The van der Waals surface area contributed by atoms with Crippen LogP contribution in [-0.2, 0) is 6.18 Å². The highest BCUT2D eigenvalue weighted by Crippen LogP contribution is 2.37. The lowest BCUT2D eigenvalue weighted by molar-refractivity contribution is -0.137. The van der Waals surface area contributed by atoms with Crippen molar-refractivity contribution in [2.45, 2.75) is 6.18 Å². The number of nitrogens with one attached hydrogen (secondary N) is 1. The fourth-order valence-corrected chi connectivity index (χ4v) is 2.33. The maximum Gasteiger partial charge on any atom is 0.417 e. The number of H-pyrrole nitrogens is 1. The molecular weight excluding hydrogens is 313 g/mol. The van der Waals surface area contributed by atoms with Crippen molar-refractivity contribution >= 4 is 17.0 Å². The minimum absolute atomic E-state index is 0.0257. The van der Waals surface area contributed by atoms with E-state index in [1.807, 2.05) is 0 Å². The number of nitrogens with zero attached hydrogens (tertiary/aromatic N) is 1. The summed E-state index contributed by atoms with van der Waals surface area (Å²) in [5.41, 5.74) is -1.28. The van der Waals surface area contributed by atoms with E-state index in [0.29, 0.717) is 0 Å². The summed E-state index contributed by atoms with van der Waals surface area (Å²) in [4.78, 5) is 17.8. The van der Waals surface area contributed by atoms with Crippen molar-refractivity contribution in [1.82, 2.24) is 9.97 Å². The van der Waals surface area contributed by atoms with Gasteiger partial charge >= 0.3 is 12.1 Å². The monoisotopic (exact) mass is 322 g/mol. The van der Waals surface area contributed by atoms with Crippen LogP contribution in [0.5, 0.6) is 5.75 Å². The van der Waals surface area contributed by atoms with Crippen LogP contribution >= 0.6 is 0 Å². The molecule has 0 fully saturated rings. The van der Waals surface area contributed by atoms with Crippen LogP contribution in [0.25, 0.3) is 22.4 Å². The number of aromatic amines is 1. The van der Waals surface area contributed by atoms with Gasteiger partial charge in [-0.15, -0.1) is 0 Å². The summed E-state index contributed by atoms with van der Waals surface area (Å²) in [7, 11) is 0. The second-order valence-corrected chi connectivity index (χ2v) is 4.82. The summed E-state index contributed by atoms with van der Waals surface area (Å²) in [6, 6.07) is 7.02. The van der Waals surface area contributed by atoms with Crippen LogP contribution in [0.3, 0.4) is 0 Å². The molecule has 1 aromatic heterocycles. The predicted molar refractivity (Wildman–Crippen MR) is 75.2 cm³/mol. The van der Waals surface area contributed by atoms with E-state index in [4.69, 9.17) is 5.11 Å². The van der Waals surface area contributed by atoms with Gasteiger partial charge in [-0.1, -0.05) is 18.2 Å². The van der Waals surface area contributed by atoms with Gasteiger partial charge in [0.1, 0.15) is 17.1 Å². The maximum absolute atomic E-state index is 13.1. The van der Waals surface area contributed by atoms with Crippen LogP contribution in [0.1, 0.15) is 15.9 Å². The fraction of sp³-hybridized carbons (Fsp3) is 0.0667. The number of aromatic hydroxyl groups is 1. The van der Waals surface area contributed by atoms with Crippen molar-refractivity contribution in [3.05, 3.63) is 47.5 Å². The molecule has 23 heavy (non-hydrogen) atoms. The molecule has 0 aliphatic carbocycles. The van der Waals surface area contributed by atoms with Gasteiger partial charge in [0.25, 0.3) is 0 Å². The molecular formula is C15H9F3N2O3. The first-order valence-electron chi connectivity index (χ1n) is 6.40. The van der Waals surface area contributed by atoms with E-state index in [1.54, 1.807) is 0 Å². The number of aromatic nitrogens is 2. The van der Waals surface area contributed by atoms with Crippen molar-refractivity contribution in [1.29, 1.82) is 0 Å². The Morgan fingerprint density at radius 3 is 2.52 bits per heavy atom. The topological polar surface area (TPSA) is 86.2 Å². The molecule has 0 atom stereocenters. The molecule has 0 aliphatic rings. The highest BCUT2D eigenvalue weighted by molar-refractivity contribution is 6.02. The Balaban J connectivity index is 2.28. The standard InChI is InChI=1S/C15H9F3N2O3/c16-15(17,18)10-4-2-1-3-8(10)13-19-11-6-7(21)5-9(14(22)23)12(11)20-13/h1-6,21H,(H,19,20)(H,22,23). The summed E-state index contributed by atoms with van der Waals surface area (Å²) in [6.07, 6.45) is -4.58. The molecule has 0 saturated heterocycles. The zero-order valence-electron chi connectivity index (χ0n) is 11.3. The Bertz CT molecular complexity index is 916. The maximum atomic E-state index is 13.1. The highest BCUT2D eigenvalue weighted by Gasteiger charge is 2.34. The molecule has 3 rings (SSSR count). The second kappa shape index (κ2) is 5.01. The third-order valence-corrected chi connectivity index (χ3v) is 3.29. The van der Waals surface area contributed by atoms with Gasteiger partial charge in [-0.25, -0.2) is 9.78 Å². The van der Waals surface area contributed by atoms with Gasteiger partial charge in [0.05, 0.1) is 16.6 Å². The molecule has 0 radical (unpaired) electrons. The van der Waals surface area contributed by atoms with Crippen LogP contribution in [0.4, 0.5) is 13.2 Å². The molecule has 2 aromatic carbocycles. The smallest absolute Gasteiger partial charge is 0.417 e. The number of fused-ring (bicyclic) bond motifs is 1. The summed E-state index contributed by atoms with van der Waals surface area (Å²) in [6.45, 7) is 0. The Hall–Kier alpha value is -3.03. The van der Waals surface area contributed by atoms with Crippen molar-refractivity contribution in [3.63, 3.8) is 0 Å². The third kappa shape index (κ3) is 2.59. The number of rotatable bonds is 2. The number of carbonyl (C=O) groups is 1. The molecule has 0 amide bonds. The zero-order chi connectivity index (χ0) is 16.8. The van der Waals surface area contributed by atoms with E-state index in [0.717, 1.165) is 12.1 Å². The van der Waals surface area contributed by atoms with Crippen LogP contribution in [0.15, 0.2) is 36.4 Å². The summed E-state index contributed by atoms with van der Waals surface area (Å²) < 4.78 is 39.3. The lowest BCUT2D eigenvalue weighted by atomic mass is 10.1. The fourth-order valence-electron chi connectivity index (χ4n) is 2.33. The van der Waals surface area contributed by atoms with E-state index < -0.39 is 17.7 Å². The number of carboxylic acids is 1. The first kappa shape index (κ1) is 14.9. The highest BCUT2D eigenvalue weighted by atomic mass is 19.4. The van der Waals surface area contributed by atoms with Crippen LogP contribution in [0.2, 0.25) is 0 Å². The van der Waals surface area contributed by atoms with Gasteiger partial charge in [-0.05, 0) is 12.1 Å². The van der Waals surface area contributed by atoms with E-state index in [9.17, 15) is 23.1 Å². The number of phenols is 1. The summed E-state index contributed by atoms with van der Waals surface area (Å²) >= 11 is 0. The third-order valence-electron chi connectivity index (χ3n) is 3.29. The molecule has 3 aromatic rings. The minimum Gasteiger partial charge on any atom is -0.508 e. The van der Waals surface area contributed by atoms with Gasteiger partial charge in [-0.3, -0.25) is 0 Å². The van der Waals surface area contributed by atoms with Gasteiger partial charge in [0.2, 0.25) is 0 Å². The minimum atomic E-state index is -4.58. The Morgan fingerprint density at radius 2 is 1.87 bits per heavy atom. The van der Waals surface area contributed by atoms with Gasteiger partial charge in [-0.2, -0.15) is 13.2 Å². The Morgan fingerprint density at radius 1 is 1.17 bits per heavy atom. The average Bonchev–Trinajstić information content (AvgIpc) is 2.88. The van der Waals surface area contributed by atoms with Crippen LogP contribution in [-0.4, -0.2) is 26.2 Å². The Kier molecular flexibility index (Phi) is 3.24. The number of phenolic OH excluding ortho intramolecular Hbond substituents is 1. The number of halogens is 3. The first-order valence-corrected chi connectivity index (χ1v) is 6.40. The van der Waals surface area contributed by atoms with Gasteiger partial charge in [0, 0.05) is 11.6 Å². The molecule has 0 spiro atoms. The van der Waals surface area contributed by atoms with Crippen molar-refractivity contribution in [2.75, 3.05) is 0 Å². The van der Waals surface area contributed by atoms with Gasteiger partial charge in [0.15, 0.2) is 0 Å². The molecule has 3 N–H and O–H groups in total. The molecule has 0 unspecified atom stereocenters. The lowest BCUT2D eigenvalue weighted by Crippen LogP contribution is -2.07. The molecule has 0 bridgehead atoms. The largest absolute Gasteiger partial charge is 0.508 e. The molecule has 1 heterocycles. The number of hydrogen-bond acceptors (Lipinski definition) is 3. The number of benzene rings is 2. The number of hydrogen-bond donors (Lipinski definition) is 3. The summed E-state index contributed by atoms with van der Waals surface area (Å²) in [5, 5.41) is 18.7. The number of carboxylic acid groups (broad SMARTS) is 1.